The molecule has 3 aliphatic carbocycles. The van der Waals surface area contributed by atoms with Crippen molar-refractivity contribution in [1.29, 1.82) is 0 Å². The summed E-state index contributed by atoms with van der Waals surface area (Å²) < 4.78 is 0. The van der Waals surface area contributed by atoms with Crippen LogP contribution in [0.1, 0.15) is 109 Å². The Morgan fingerprint density at radius 1 is 0.741 bits per heavy atom. The quantitative estimate of drug-likeness (QED) is 0.502. The van der Waals surface area contributed by atoms with Gasteiger partial charge in [0.1, 0.15) is 0 Å². The van der Waals surface area contributed by atoms with Gasteiger partial charge in [0.2, 0.25) is 0 Å². The highest BCUT2D eigenvalue weighted by Crippen LogP contribution is 2.53. The van der Waals surface area contributed by atoms with E-state index in [1.165, 1.54) is 57.8 Å². The lowest BCUT2D eigenvalue weighted by Crippen LogP contribution is -2.36. The molecule has 1 aromatic carbocycles. The van der Waals surface area contributed by atoms with Crippen molar-refractivity contribution < 1.29 is 0 Å². The van der Waals surface area contributed by atoms with Crippen LogP contribution in [0.4, 0.5) is 0 Å². The summed E-state index contributed by atoms with van der Waals surface area (Å²) in [6.45, 7) is 5.04. The summed E-state index contributed by atoms with van der Waals surface area (Å²) in [5.74, 6) is 5.04. The molecule has 4 rings (SSSR count). The summed E-state index contributed by atoms with van der Waals surface area (Å²) in [5.41, 5.74) is 2.22. The summed E-state index contributed by atoms with van der Waals surface area (Å²) in [4.78, 5) is 0. The molecule has 0 aliphatic heterocycles. The lowest BCUT2D eigenvalue weighted by atomic mass is 9.58. The molecule has 0 N–H and O–H groups in total. The normalized spacial score (nSPS) is 40.6. The fourth-order valence-corrected chi connectivity index (χ4v) is 7.10. The lowest BCUT2D eigenvalue weighted by Gasteiger charge is -2.47. The first kappa shape index (κ1) is 19.5. The molecule has 0 bridgehead atoms. The molecule has 150 valence electrons. The standard InChI is InChI=1S/C27H42/c1-3-21-9-11-23(12-10-21)24-13-15-26(16-14-24)27(2)19-17-25(18-20-27)22-7-5-4-6-8-22/h4-8,21,23-26H,3,9-20H2,1-2H3/t21-,23-,24-,25?,26-,27?. The second-order valence-corrected chi connectivity index (χ2v) is 10.6. The third-order valence-corrected chi connectivity index (χ3v) is 9.29. The third-order valence-electron chi connectivity index (χ3n) is 9.29. The Kier molecular flexibility index (Phi) is 6.30. The van der Waals surface area contributed by atoms with Gasteiger partial charge in [-0.25, -0.2) is 0 Å². The Balaban J connectivity index is 1.26. The minimum atomic E-state index is 0.635. The van der Waals surface area contributed by atoms with Gasteiger partial charge in [-0.05, 0) is 105 Å². The van der Waals surface area contributed by atoms with Crippen LogP contribution in [0.2, 0.25) is 0 Å². The SMILES string of the molecule is CC[C@H]1CC[C@H]([C@H]2CC[C@H](C3(C)CCC(c4ccccc4)CC3)CC2)CC1. The zero-order valence-corrected chi connectivity index (χ0v) is 18.0. The van der Waals surface area contributed by atoms with Crippen LogP contribution in [0.5, 0.6) is 0 Å². The van der Waals surface area contributed by atoms with E-state index in [9.17, 15) is 0 Å². The van der Waals surface area contributed by atoms with Crippen molar-refractivity contribution in [1.82, 2.24) is 0 Å². The van der Waals surface area contributed by atoms with Crippen LogP contribution >= 0.6 is 0 Å². The predicted octanol–water partition coefficient (Wildman–Crippen LogP) is 8.37. The van der Waals surface area contributed by atoms with Crippen LogP contribution in [0, 0.1) is 29.1 Å². The lowest BCUT2D eigenvalue weighted by molar-refractivity contribution is 0.0490. The summed E-state index contributed by atoms with van der Waals surface area (Å²) in [6.07, 6.45) is 19.5. The van der Waals surface area contributed by atoms with Crippen molar-refractivity contribution in [3.63, 3.8) is 0 Å². The first-order valence-electron chi connectivity index (χ1n) is 12.2. The van der Waals surface area contributed by atoms with E-state index >= 15 is 0 Å². The maximum atomic E-state index is 2.64. The second kappa shape index (κ2) is 8.71. The van der Waals surface area contributed by atoms with Crippen LogP contribution in [-0.4, -0.2) is 0 Å². The van der Waals surface area contributed by atoms with Crippen molar-refractivity contribution in [2.45, 2.75) is 103 Å². The molecule has 0 nitrogen and oxygen atoms in total. The monoisotopic (exact) mass is 366 g/mol. The van der Waals surface area contributed by atoms with Gasteiger partial charge in [0.25, 0.3) is 0 Å². The zero-order valence-electron chi connectivity index (χ0n) is 18.0. The molecule has 1 aromatic rings. The Morgan fingerprint density at radius 3 is 1.85 bits per heavy atom. The minimum Gasteiger partial charge on any atom is -0.0651 e. The average molecular weight is 367 g/mol. The molecule has 3 aliphatic rings. The van der Waals surface area contributed by atoms with E-state index in [0.29, 0.717) is 5.41 Å². The smallest absolute Gasteiger partial charge is 0.0162 e. The third kappa shape index (κ3) is 4.46. The fraction of sp³-hybridized carbons (Fsp3) is 0.778. The van der Waals surface area contributed by atoms with Crippen LogP contribution < -0.4 is 0 Å². The Morgan fingerprint density at radius 2 is 1.30 bits per heavy atom. The first-order chi connectivity index (χ1) is 13.2. The van der Waals surface area contributed by atoms with Gasteiger partial charge in [0.15, 0.2) is 0 Å². The number of benzene rings is 1. The van der Waals surface area contributed by atoms with Crippen LogP contribution in [0.3, 0.4) is 0 Å². The molecular formula is C27H42. The molecule has 0 heterocycles. The molecular weight excluding hydrogens is 324 g/mol. The molecule has 0 aromatic heterocycles. The molecule has 0 unspecified atom stereocenters. The molecule has 0 spiro atoms. The Hall–Kier alpha value is -0.780. The minimum absolute atomic E-state index is 0.635. The van der Waals surface area contributed by atoms with Crippen LogP contribution in [0.25, 0.3) is 0 Å². The summed E-state index contributed by atoms with van der Waals surface area (Å²) >= 11 is 0. The van der Waals surface area contributed by atoms with Crippen molar-refractivity contribution in [3.05, 3.63) is 35.9 Å². The molecule has 0 radical (unpaired) electrons. The summed E-state index contributed by atoms with van der Waals surface area (Å²) in [5, 5.41) is 0. The van der Waals surface area contributed by atoms with Crippen LogP contribution in [-0.2, 0) is 0 Å². The van der Waals surface area contributed by atoms with Gasteiger partial charge in [-0.2, -0.15) is 0 Å². The van der Waals surface area contributed by atoms with Gasteiger partial charge < -0.3 is 0 Å². The largest absolute Gasteiger partial charge is 0.0651 e. The number of rotatable bonds is 4. The average Bonchev–Trinajstić information content (AvgIpc) is 2.75. The topological polar surface area (TPSA) is 0 Å². The van der Waals surface area contributed by atoms with E-state index in [1.807, 2.05) is 0 Å². The predicted molar refractivity (Wildman–Crippen MR) is 117 cm³/mol. The van der Waals surface area contributed by atoms with Gasteiger partial charge in [-0.1, -0.05) is 63.4 Å². The highest BCUT2D eigenvalue weighted by Gasteiger charge is 2.41. The maximum absolute atomic E-state index is 2.64. The van der Waals surface area contributed by atoms with Gasteiger partial charge in [-0.15, -0.1) is 0 Å². The molecule has 3 saturated carbocycles. The van der Waals surface area contributed by atoms with E-state index in [0.717, 1.165) is 29.6 Å². The van der Waals surface area contributed by atoms with E-state index in [4.69, 9.17) is 0 Å². The van der Waals surface area contributed by atoms with Crippen LogP contribution in [0.15, 0.2) is 30.3 Å². The van der Waals surface area contributed by atoms with Crippen molar-refractivity contribution in [2.75, 3.05) is 0 Å². The number of hydrogen-bond donors (Lipinski definition) is 0. The van der Waals surface area contributed by atoms with Gasteiger partial charge in [0.05, 0.1) is 0 Å². The molecule has 0 saturated heterocycles. The number of hydrogen-bond acceptors (Lipinski definition) is 0. The van der Waals surface area contributed by atoms with Crippen molar-refractivity contribution >= 4 is 0 Å². The molecule has 0 amide bonds. The van der Waals surface area contributed by atoms with E-state index < -0.39 is 0 Å². The van der Waals surface area contributed by atoms with Crippen molar-refractivity contribution in [2.24, 2.45) is 29.1 Å². The molecule has 3 fully saturated rings. The summed E-state index contributed by atoms with van der Waals surface area (Å²) in [6, 6.07) is 11.3. The van der Waals surface area contributed by atoms with Gasteiger partial charge in [-0.3, -0.25) is 0 Å². The Labute approximate surface area is 168 Å². The van der Waals surface area contributed by atoms with E-state index in [-0.39, 0.29) is 0 Å². The van der Waals surface area contributed by atoms with E-state index in [1.54, 1.807) is 31.2 Å². The zero-order chi connectivity index (χ0) is 18.7. The van der Waals surface area contributed by atoms with E-state index in [2.05, 4.69) is 44.2 Å². The first-order valence-corrected chi connectivity index (χ1v) is 12.2. The van der Waals surface area contributed by atoms with Gasteiger partial charge >= 0.3 is 0 Å². The molecule has 0 heteroatoms. The summed E-state index contributed by atoms with van der Waals surface area (Å²) in [7, 11) is 0. The molecule has 27 heavy (non-hydrogen) atoms. The highest BCUT2D eigenvalue weighted by molar-refractivity contribution is 5.20. The van der Waals surface area contributed by atoms with Crippen molar-refractivity contribution in [3.8, 4) is 0 Å². The highest BCUT2D eigenvalue weighted by atomic mass is 14.5. The van der Waals surface area contributed by atoms with Gasteiger partial charge in [0, 0.05) is 0 Å². The second-order valence-electron chi connectivity index (χ2n) is 10.6. The Bertz CT molecular complexity index is 549. The molecule has 0 atom stereocenters. The fourth-order valence-electron chi connectivity index (χ4n) is 7.10. The maximum Gasteiger partial charge on any atom is -0.0162 e.